The topological polar surface area (TPSA) is 37.4 Å². The SMILES string of the molecule is C/C=C/C(=O)N1CC(C(C)(C)C)CC1=O. The first-order chi connectivity index (χ1) is 6.86. The van der Waals surface area contributed by atoms with E-state index in [1.54, 1.807) is 13.0 Å². The molecule has 1 aliphatic rings. The number of amides is 2. The van der Waals surface area contributed by atoms with Gasteiger partial charge >= 0.3 is 0 Å². The number of hydrogen-bond acceptors (Lipinski definition) is 2. The van der Waals surface area contributed by atoms with Crippen molar-refractivity contribution in [2.45, 2.75) is 34.1 Å². The second kappa shape index (κ2) is 4.17. The summed E-state index contributed by atoms with van der Waals surface area (Å²) in [6.45, 7) is 8.66. The summed E-state index contributed by atoms with van der Waals surface area (Å²) in [5.41, 5.74) is 0.0839. The van der Waals surface area contributed by atoms with E-state index in [0.29, 0.717) is 13.0 Å². The molecular weight excluding hydrogens is 190 g/mol. The number of rotatable bonds is 1. The molecule has 1 rings (SSSR count). The molecule has 2 amide bonds. The lowest BCUT2D eigenvalue weighted by molar-refractivity contribution is -0.138. The van der Waals surface area contributed by atoms with E-state index in [4.69, 9.17) is 0 Å². The van der Waals surface area contributed by atoms with E-state index in [0.717, 1.165) is 0 Å². The van der Waals surface area contributed by atoms with Crippen LogP contribution in [-0.4, -0.2) is 23.3 Å². The van der Waals surface area contributed by atoms with Crippen molar-refractivity contribution in [3.8, 4) is 0 Å². The summed E-state index contributed by atoms with van der Waals surface area (Å²) in [6.07, 6.45) is 3.61. The highest BCUT2D eigenvalue weighted by Gasteiger charge is 2.38. The number of hydrogen-bond donors (Lipinski definition) is 0. The van der Waals surface area contributed by atoms with Crippen molar-refractivity contribution in [1.29, 1.82) is 0 Å². The minimum absolute atomic E-state index is 0.0435. The molecule has 0 bridgehead atoms. The van der Waals surface area contributed by atoms with Crippen LogP contribution < -0.4 is 0 Å². The van der Waals surface area contributed by atoms with Gasteiger partial charge in [-0.2, -0.15) is 0 Å². The van der Waals surface area contributed by atoms with Crippen LogP contribution in [0.3, 0.4) is 0 Å². The monoisotopic (exact) mass is 209 g/mol. The van der Waals surface area contributed by atoms with Crippen LogP contribution in [0.1, 0.15) is 34.1 Å². The highest BCUT2D eigenvalue weighted by Crippen LogP contribution is 2.34. The van der Waals surface area contributed by atoms with Crippen molar-refractivity contribution in [3.05, 3.63) is 12.2 Å². The standard InChI is InChI=1S/C12H19NO2/c1-5-6-10(14)13-8-9(7-11(13)15)12(2,3)4/h5-6,9H,7-8H2,1-4H3/b6-5+. The molecule has 1 unspecified atom stereocenters. The lowest BCUT2D eigenvalue weighted by Gasteiger charge is -2.25. The zero-order chi connectivity index (χ0) is 11.6. The van der Waals surface area contributed by atoms with Crippen LogP contribution in [0.25, 0.3) is 0 Å². The van der Waals surface area contributed by atoms with Gasteiger partial charge in [-0.3, -0.25) is 14.5 Å². The Morgan fingerprint density at radius 3 is 2.47 bits per heavy atom. The van der Waals surface area contributed by atoms with E-state index < -0.39 is 0 Å². The minimum atomic E-state index is -0.186. The summed E-state index contributed by atoms with van der Waals surface area (Å²) in [6, 6.07) is 0. The Labute approximate surface area is 91.1 Å². The van der Waals surface area contributed by atoms with Crippen molar-refractivity contribution >= 4 is 11.8 Å². The van der Waals surface area contributed by atoms with Crippen LogP contribution in [0.15, 0.2) is 12.2 Å². The molecule has 1 saturated heterocycles. The first kappa shape index (κ1) is 12.0. The molecule has 1 atom stereocenters. The number of imide groups is 1. The van der Waals surface area contributed by atoms with Gasteiger partial charge in [-0.15, -0.1) is 0 Å². The molecule has 0 saturated carbocycles. The molecule has 0 aliphatic carbocycles. The average Bonchev–Trinajstić information content (AvgIpc) is 2.47. The zero-order valence-electron chi connectivity index (χ0n) is 9.91. The van der Waals surface area contributed by atoms with Gasteiger partial charge in [0.2, 0.25) is 5.91 Å². The van der Waals surface area contributed by atoms with E-state index in [-0.39, 0.29) is 23.1 Å². The summed E-state index contributed by atoms with van der Waals surface area (Å²) in [5.74, 6) is 0.0477. The van der Waals surface area contributed by atoms with E-state index in [2.05, 4.69) is 20.8 Å². The molecule has 1 fully saturated rings. The highest BCUT2D eigenvalue weighted by molar-refractivity contribution is 6.02. The Morgan fingerprint density at radius 2 is 2.07 bits per heavy atom. The van der Waals surface area contributed by atoms with Crippen molar-refractivity contribution in [3.63, 3.8) is 0 Å². The first-order valence-corrected chi connectivity index (χ1v) is 5.33. The van der Waals surface area contributed by atoms with Gasteiger partial charge in [0, 0.05) is 13.0 Å². The third-order valence-electron chi connectivity index (χ3n) is 2.93. The largest absolute Gasteiger partial charge is 0.279 e. The molecule has 15 heavy (non-hydrogen) atoms. The zero-order valence-corrected chi connectivity index (χ0v) is 9.91. The summed E-state index contributed by atoms with van der Waals surface area (Å²) < 4.78 is 0. The molecule has 0 spiro atoms. The van der Waals surface area contributed by atoms with Gasteiger partial charge in [0.25, 0.3) is 5.91 Å². The van der Waals surface area contributed by atoms with E-state index in [9.17, 15) is 9.59 Å². The van der Waals surface area contributed by atoms with Gasteiger partial charge in [-0.25, -0.2) is 0 Å². The normalized spacial score (nSPS) is 22.8. The number of carbonyl (C=O) groups excluding carboxylic acids is 2. The maximum atomic E-state index is 11.6. The molecule has 0 radical (unpaired) electrons. The quantitative estimate of drug-likeness (QED) is 0.619. The predicted molar refractivity (Wildman–Crippen MR) is 59.1 cm³/mol. The third kappa shape index (κ3) is 2.67. The lowest BCUT2D eigenvalue weighted by atomic mass is 9.80. The maximum Gasteiger partial charge on any atom is 0.252 e. The van der Waals surface area contributed by atoms with Crippen molar-refractivity contribution in [2.75, 3.05) is 6.54 Å². The fourth-order valence-corrected chi connectivity index (χ4v) is 1.73. The summed E-state index contributed by atoms with van der Waals surface area (Å²) in [7, 11) is 0. The van der Waals surface area contributed by atoms with E-state index in [1.807, 2.05) is 0 Å². The molecule has 0 aromatic heterocycles. The second-order valence-electron chi connectivity index (χ2n) is 5.11. The van der Waals surface area contributed by atoms with Crippen LogP contribution >= 0.6 is 0 Å². The summed E-state index contributed by atoms with van der Waals surface area (Å²) in [5, 5.41) is 0. The van der Waals surface area contributed by atoms with Gasteiger partial charge in [-0.05, 0) is 24.3 Å². The Kier molecular flexibility index (Phi) is 3.32. The molecule has 3 heteroatoms. The van der Waals surface area contributed by atoms with Crippen molar-refractivity contribution < 1.29 is 9.59 Å². The molecule has 0 aromatic rings. The summed E-state index contributed by atoms with van der Waals surface area (Å²) >= 11 is 0. The highest BCUT2D eigenvalue weighted by atomic mass is 16.2. The third-order valence-corrected chi connectivity index (χ3v) is 2.93. The van der Waals surface area contributed by atoms with Gasteiger partial charge in [0.1, 0.15) is 0 Å². The minimum Gasteiger partial charge on any atom is -0.279 e. The lowest BCUT2D eigenvalue weighted by Crippen LogP contribution is -2.32. The van der Waals surface area contributed by atoms with Crippen LogP contribution in [-0.2, 0) is 9.59 Å². The van der Waals surface area contributed by atoms with Gasteiger partial charge in [-0.1, -0.05) is 26.8 Å². The van der Waals surface area contributed by atoms with E-state index >= 15 is 0 Å². The Hall–Kier alpha value is -1.12. The molecular formula is C12H19NO2. The predicted octanol–water partition coefficient (Wildman–Crippen LogP) is 1.98. The molecule has 84 valence electrons. The average molecular weight is 209 g/mol. The Morgan fingerprint density at radius 1 is 1.47 bits per heavy atom. The maximum absolute atomic E-state index is 11.6. The number of likely N-dealkylation sites (tertiary alicyclic amines) is 1. The summed E-state index contributed by atoms with van der Waals surface area (Å²) in [4.78, 5) is 24.5. The van der Waals surface area contributed by atoms with Crippen LogP contribution in [0, 0.1) is 11.3 Å². The smallest absolute Gasteiger partial charge is 0.252 e. The Balaban J connectivity index is 2.73. The van der Waals surface area contributed by atoms with Crippen LogP contribution in [0.4, 0.5) is 0 Å². The first-order valence-electron chi connectivity index (χ1n) is 5.33. The number of nitrogens with zero attached hydrogens (tertiary/aromatic N) is 1. The fraction of sp³-hybridized carbons (Fsp3) is 0.667. The van der Waals surface area contributed by atoms with Crippen molar-refractivity contribution in [2.24, 2.45) is 11.3 Å². The fourth-order valence-electron chi connectivity index (χ4n) is 1.73. The molecule has 3 nitrogen and oxygen atoms in total. The number of carbonyl (C=O) groups is 2. The molecule has 1 aliphatic heterocycles. The van der Waals surface area contributed by atoms with Crippen molar-refractivity contribution in [1.82, 2.24) is 4.90 Å². The van der Waals surface area contributed by atoms with Crippen LogP contribution in [0.2, 0.25) is 0 Å². The van der Waals surface area contributed by atoms with E-state index in [1.165, 1.54) is 11.0 Å². The van der Waals surface area contributed by atoms with Gasteiger partial charge < -0.3 is 0 Å². The second-order valence-corrected chi connectivity index (χ2v) is 5.11. The molecule has 1 heterocycles. The molecule has 0 N–H and O–H groups in total. The molecule has 0 aromatic carbocycles. The van der Waals surface area contributed by atoms with Crippen LogP contribution in [0.5, 0.6) is 0 Å². The Bertz CT molecular complexity index is 299. The number of allylic oxidation sites excluding steroid dienone is 1. The van der Waals surface area contributed by atoms with Gasteiger partial charge in [0.15, 0.2) is 0 Å². The van der Waals surface area contributed by atoms with Gasteiger partial charge in [0.05, 0.1) is 0 Å².